The average molecular weight is 381 g/mol. The lowest BCUT2D eigenvalue weighted by Gasteiger charge is -2.34. The highest BCUT2D eigenvalue weighted by atomic mass is 19.2. The highest BCUT2D eigenvalue weighted by Gasteiger charge is 2.27. The SMILES string of the molecule is C=C(CCC(CCC)C1CCC(CC)CC1)C1=CC/C=C(/F)C/C(F)=C\1F. The molecule has 0 bridgehead atoms. The molecular formula is C24H35F3. The van der Waals surface area contributed by atoms with Crippen molar-refractivity contribution in [2.24, 2.45) is 17.8 Å². The molecule has 0 N–H and O–H groups in total. The molecule has 2 aliphatic rings. The Labute approximate surface area is 163 Å². The molecule has 3 heteroatoms. The molecule has 1 saturated carbocycles. The minimum atomic E-state index is -1.03. The van der Waals surface area contributed by atoms with E-state index in [4.69, 9.17) is 0 Å². The summed E-state index contributed by atoms with van der Waals surface area (Å²) >= 11 is 0. The smallest absolute Gasteiger partial charge is 0.162 e. The lowest BCUT2D eigenvalue weighted by atomic mass is 9.72. The van der Waals surface area contributed by atoms with Crippen LogP contribution in [-0.4, -0.2) is 0 Å². The summed E-state index contributed by atoms with van der Waals surface area (Å²) in [7, 11) is 0. The number of halogens is 3. The molecule has 152 valence electrons. The van der Waals surface area contributed by atoms with Crippen molar-refractivity contribution in [2.45, 2.75) is 84.5 Å². The van der Waals surface area contributed by atoms with Gasteiger partial charge in [-0.1, -0.05) is 58.6 Å². The van der Waals surface area contributed by atoms with Crippen LogP contribution in [0.15, 0.2) is 47.4 Å². The Kier molecular flexibility index (Phi) is 8.92. The molecule has 2 aliphatic carbocycles. The summed E-state index contributed by atoms with van der Waals surface area (Å²) in [5, 5.41) is 0. The predicted molar refractivity (Wildman–Crippen MR) is 108 cm³/mol. The maximum Gasteiger partial charge on any atom is 0.162 e. The van der Waals surface area contributed by atoms with Crippen LogP contribution >= 0.6 is 0 Å². The van der Waals surface area contributed by atoms with Gasteiger partial charge in [0.25, 0.3) is 0 Å². The predicted octanol–water partition coefficient (Wildman–Crippen LogP) is 8.68. The molecule has 0 aromatic rings. The second-order valence-corrected chi connectivity index (χ2v) is 8.28. The van der Waals surface area contributed by atoms with Gasteiger partial charge in [0, 0.05) is 5.57 Å². The lowest BCUT2D eigenvalue weighted by molar-refractivity contribution is 0.184. The van der Waals surface area contributed by atoms with Gasteiger partial charge in [0.2, 0.25) is 0 Å². The Bertz CT molecular complexity index is 589. The van der Waals surface area contributed by atoms with E-state index < -0.39 is 23.9 Å². The number of allylic oxidation sites excluding steroid dienone is 7. The number of rotatable bonds is 8. The van der Waals surface area contributed by atoms with Crippen molar-refractivity contribution in [1.29, 1.82) is 0 Å². The van der Waals surface area contributed by atoms with Crippen LogP contribution in [0, 0.1) is 17.8 Å². The monoisotopic (exact) mass is 380 g/mol. The zero-order chi connectivity index (χ0) is 19.8. The van der Waals surface area contributed by atoms with Crippen LogP contribution in [0.25, 0.3) is 0 Å². The largest absolute Gasteiger partial charge is 0.212 e. The van der Waals surface area contributed by atoms with Gasteiger partial charge in [-0.05, 0) is 61.5 Å². The zero-order valence-corrected chi connectivity index (χ0v) is 17.0. The Morgan fingerprint density at radius 1 is 1.07 bits per heavy atom. The molecule has 0 aliphatic heterocycles. The third-order valence-electron chi connectivity index (χ3n) is 6.45. The molecule has 0 aromatic heterocycles. The van der Waals surface area contributed by atoms with Crippen molar-refractivity contribution in [3.63, 3.8) is 0 Å². The van der Waals surface area contributed by atoms with Gasteiger partial charge < -0.3 is 0 Å². The van der Waals surface area contributed by atoms with Crippen molar-refractivity contribution in [1.82, 2.24) is 0 Å². The highest BCUT2D eigenvalue weighted by Crippen LogP contribution is 2.40. The minimum Gasteiger partial charge on any atom is -0.212 e. The maximum absolute atomic E-state index is 14.4. The first-order valence-corrected chi connectivity index (χ1v) is 10.7. The Balaban J connectivity index is 1.99. The molecule has 2 rings (SSSR count). The fourth-order valence-electron chi connectivity index (χ4n) is 4.69. The molecule has 0 spiro atoms. The van der Waals surface area contributed by atoms with E-state index in [2.05, 4.69) is 20.4 Å². The standard InChI is InChI=1S/C24H35F3/c1-4-7-19(20-14-11-18(5-2)12-15-20)13-10-17(3)22-9-6-8-21(25)16-23(26)24(22)27/h8-9,18-20H,3-7,10-16H2,1-2H3/b21-8+,22-9?,24-23-. The molecule has 1 atom stereocenters. The fraction of sp³-hybridized carbons (Fsp3) is 0.667. The second kappa shape index (κ2) is 10.9. The maximum atomic E-state index is 14.4. The molecule has 0 radical (unpaired) electrons. The lowest BCUT2D eigenvalue weighted by Crippen LogP contribution is -2.22. The van der Waals surface area contributed by atoms with E-state index in [9.17, 15) is 13.2 Å². The van der Waals surface area contributed by atoms with Crippen LogP contribution in [0.4, 0.5) is 13.2 Å². The van der Waals surface area contributed by atoms with Crippen LogP contribution in [0.5, 0.6) is 0 Å². The Morgan fingerprint density at radius 2 is 1.78 bits per heavy atom. The second-order valence-electron chi connectivity index (χ2n) is 8.28. The van der Waals surface area contributed by atoms with Gasteiger partial charge in [-0.2, -0.15) is 0 Å². The van der Waals surface area contributed by atoms with Crippen molar-refractivity contribution in [3.05, 3.63) is 47.4 Å². The van der Waals surface area contributed by atoms with E-state index in [1.54, 1.807) is 6.08 Å². The van der Waals surface area contributed by atoms with Crippen molar-refractivity contribution in [2.75, 3.05) is 0 Å². The van der Waals surface area contributed by atoms with E-state index >= 15 is 0 Å². The fourth-order valence-corrected chi connectivity index (χ4v) is 4.69. The van der Waals surface area contributed by atoms with Crippen molar-refractivity contribution < 1.29 is 13.2 Å². The van der Waals surface area contributed by atoms with Gasteiger partial charge in [0.05, 0.1) is 6.42 Å². The van der Waals surface area contributed by atoms with Crippen LogP contribution in [-0.2, 0) is 0 Å². The third kappa shape index (κ3) is 6.40. The highest BCUT2D eigenvalue weighted by molar-refractivity contribution is 5.44. The van der Waals surface area contributed by atoms with E-state index in [1.165, 1.54) is 44.6 Å². The van der Waals surface area contributed by atoms with Gasteiger partial charge in [-0.25, -0.2) is 13.2 Å². The first-order valence-electron chi connectivity index (χ1n) is 10.7. The summed E-state index contributed by atoms with van der Waals surface area (Å²) in [6.45, 7) is 8.53. The van der Waals surface area contributed by atoms with Gasteiger partial charge in [-0.15, -0.1) is 0 Å². The summed E-state index contributed by atoms with van der Waals surface area (Å²) in [4.78, 5) is 0. The van der Waals surface area contributed by atoms with Gasteiger partial charge in [0.15, 0.2) is 5.83 Å². The average Bonchev–Trinajstić information content (AvgIpc) is 2.67. The van der Waals surface area contributed by atoms with E-state index in [0.29, 0.717) is 17.9 Å². The van der Waals surface area contributed by atoms with E-state index in [0.717, 1.165) is 24.7 Å². The third-order valence-corrected chi connectivity index (χ3v) is 6.45. The van der Waals surface area contributed by atoms with Gasteiger partial charge in [-0.3, -0.25) is 0 Å². The van der Waals surface area contributed by atoms with Gasteiger partial charge >= 0.3 is 0 Å². The molecule has 0 amide bonds. The molecule has 0 nitrogen and oxygen atoms in total. The molecule has 27 heavy (non-hydrogen) atoms. The first-order chi connectivity index (χ1) is 13.0. The van der Waals surface area contributed by atoms with E-state index in [-0.39, 0.29) is 12.0 Å². The first kappa shape index (κ1) is 22.0. The molecule has 1 fully saturated rings. The number of hydrogen-bond acceptors (Lipinski definition) is 0. The Hall–Kier alpha value is -1.25. The Morgan fingerprint density at radius 3 is 2.41 bits per heavy atom. The molecule has 0 aromatic carbocycles. The van der Waals surface area contributed by atoms with Gasteiger partial charge in [0.1, 0.15) is 11.7 Å². The van der Waals surface area contributed by atoms with Crippen molar-refractivity contribution in [3.8, 4) is 0 Å². The normalized spacial score (nSPS) is 30.0. The molecule has 1 unspecified atom stereocenters. The summed E-state index contributed by atoms with van der Waals surface area (Å²) in [6, 6.07) is 0. The van der Waals surface area contributed by atoms with Crippen LogP contribution in [0.1, 0.15) is 84.5 Å². The molecular weight excluding hydrogens is 345 g/mol. The number of hydrogen-bond donors (Lipinski definition) is 0. The quantitative estimate of drug-likeness (QED) is 0.395. The molecule has 0 heterocycles. The summed E-state index contributed by atoms with van der Waals surface area (Å²) in [5.41, 5.74) is 0.878. The summed E-state index contributed by atoms with van der Waals surface area (Å²) in [6.07, 6.45) is 13.1. The zero-order valence-electron chi connectivity index (χ0n) is 17.0. The van der Waals surface area contributed by atoms with Crippen LogP contribution < -0.4 is 0 Å². The summed E-state index contributed by atoms with van der Waals surface area (Å²) in [5.74, 6) is -0.310. The topological polar surface area (TPSA) is 0 Å². The van der Waals surface area contributed by atoms with Crippen molar-refractivity contribution >= 4 is 0 Å². The van der Waals surface area contributed by atoms with Crippen LogP contribution in [0.3, 0.4) is 0 Å². The summed E-state index contributed by atoms with van der Waals surface area (Å²) < 4.78 is 41.6. The minimum absolute atomic E-state index is 0.237. The molecule has 0 saturated heterocycles. The van der Waals surface area contributed by atoms with E-state index in [1.807, 2.05) is 0 Å². The van der Waals surface area contributed by atoms with Crippen LogP contribution in [0.2, 0.25) is 0 Å².